The molecule has 5 heteroatoms. The van der Waals surface area contributed by atoms with Crippen LogP contribution in [0.1, 0.15) is 24.5 Å². The van der Waals surface area contributed by atoms with Crippen molar-refractivity contribution in [1.82, 2.24) is 0 Å². The molecule has 1 atom stereocenters. The zero-order valence-corrected chi connectivity index (χ0v) is 8.88. The average Bonchev–Trinajstić information content (AvgIpc) is 2.14. The molecule has 16 heavy (non-hydrogen) atoms. The number of aryl methyl sites for hydroxylation is 1. The van der Waals surface area contributed by atoms with Crippen molar-refractivity contribution in [3.05, 3.63) is 29.3 Å². The monoisotopic (exact) mass is 233 g/mol. The summed E-state index contributed by atoms with van der Waals surface area (Å²) in [6.45, 7) is 1.80. The number of aromatic hydroxyl groups is 1. The van der Waals surface area contributed by atoms with E-state index in [1.165, 1.54) is 6.07 Å². The SMILES string of the molecule is CC(N)CCc1ccc(O)c(C(F)(F)F)c1. The zero-order valence-electron chi connectivity index (χ0n) is 8.88. The second-order valence-corrected chi connectivity index (χ2v) is 3.87. The largest absolute Gasteiger partial charge is 0.507 e. The van der Waals surface area contributed by atoms with Crippen LogP contribution >= 0.6 is 0 Å². The molecule has 1 unspecified atom stereocenters. The number of hydrogen-bond donors (Lipinski definition) is 2. The summed E-state index contributed by atoms with van der Waals surface area (Å²) in [5, 5.41) is 9.10. The van der Waals surface area contributed by atoms with E-state index >= 15 is 0 Å². The van der Waals surface area contributed by atoms with E-state index < -0.39 is 17.5 Å². The first-order chi connectivity index (χ1) is 7.30. The summed E-state index contributed by atoms with van der Waals surface area (Å²) in [6.07, 6.45) is -3.43. The minimum Gasteiger partial charge on any atom is -0.507 e. The lowest BCUT2D eigenvalue weighted by Gasteiger charge is -2.11. The van der Waals surface area contributed by atoms with Crippen molar-refractivity contribution < 1.29 is 18.3 Å². The van der Waals surface area contributed by atoms with Crippen LogP contribution in [0.2, 0.25) is 0 Å². The minimum absolute atomic E-state index is 0.0526. The molecule has 0 saturated heterocycles. The predicted octanol–water partition coefficient (Wildman–Crippen LogP) is 2.69. The number of hydrogen-bond acceptors (Lipinski definition) is 2. The third-order valence-electron chi connectivity index (χ3n) is 2.25. The van der Waals surface area contributed by atoms with Crippen LogP contribution in [-0.4, -0.2) is 11.1 Å². The van der Waals surface area contributed by atoms with Gasteiger partial charge in [-0.1, -0.05) is 6.07 Å². The smallest absolute Gasteiger partial charge is 0.419 e. The molecule has 0 bridgehead atoms. The second kappa shape index (κ2) is 4.74. The quantitative estimate of drug-likeness (QED) is 0.843. The van der Waals surface area contributed by atoms with Crippen molar-refractivity contribution >= 4 is 0 Å². The molecule has 2 nitrogen and oxygen atoms in total. The topological polar surface area (TPSA) is 46.2 Å². The van der Waals surface area contributed by atoms with Gasteiger partial charge >= 0.3 is 6.18 Å². The Morgan fingerprint density at radius 1 is 1.38 bits per heavy atom. The van der Waals surface area contributed by atoms with Crippen molar-refractivity contribution in [3.63, 3.8) is 0 Å². The van der Waals surface area contributed by atoms with Crippen LogP contribution < -0.4 is 5.73 Å². The van der Waals surface area contributed by atoms with Crippen LogP contribution in [0.25, 0.3) is 0 Å². The average molecular weight is 233 g/mol. The Kier molecular flexibility index (Phi) is 3.80. The summed E-state index contributed by atoms with van der Waals surface area (Å²) in [4.78, 5) is 0. The number of alkyl halides is 3. The summed E-state index contributed by atoms with van der Waals surface area (Å²) in [6, 6.07) is 3.47. The molecular weight excluding hydrogens is 219 g/mol. The number of phenolic OH excluding ortho intramolecular Hbond substituents is 1. The molecular formula is C11H14F3NO. The van der Waals surface area contributed by atoms with Gasteiger partial charge in [-0.15, -0.1) is 0 Å². The van der Waals surface area contributed by atoms with Gasteiger partial charge in [0.1, 0.15) is 5.75 Å². The van der Waals surface area contributed by atoms with Gasteiger partial charge in [-0.25, -0.2) is 0 Å². The summed E-state index contributed by atoms with van der Waals surface area (Å²) in [5.74, 6) is -0.739. The van der Waals surface area contributed by atoms with E-state index in [-0.39, 0.29) is 6.04 Å². The molecule has 0 aromatic heterocycles. The molecule has 0 heterocycles. The fourth-order valence-electron chi connectivity index (χ4n) is 1.36. The summed E-state index contributed by atoms with van der Waals surface area (Å²) < 4.78 is 37.3. The maximum atomic E-state index is 12.4. The zero-order chi connectivity index (χ0) is 12.3. The molecule has 0 saturated carbocycles. The third-order valence-corrected chi connectivity index (χ3v) is 2.25. The first-order valence-corrected chi connectivity index (χ1v) is 4.95. The molecule has 0 fully saturated rings. The van der Waals surface area contributed by atoms with E-state index in [0.717, 1.165) is 12.1 Å². The Hall–Kier alpha value is -1.23. The number of nitrogens with two attached hydrogens (primary N) is 1. The first kappa shape index (κ1) is 12.8. The summed E-state index contributed by atoms with van der Waals surface area (Å²) in [7, 11) is 0. The first-order valence-electron chi connectivity index (χ1n) is 4.95. The number of halogens is 3. The third kappa shape index (κ3) is 3.41. The molecule has 0 aliphatic heterocycles. The highest BCUT2D eigenvalue weighted by atomic mass is 19.4. The lowest BCUT2D eigenvalue weighted by Crippen LogP contribution is -2.15. The highest BCUT2D eigenvalue weighted by Crippen LogP contribution is 2.36. The van der Waals surface area contributed by atoms with Gasteiger partial charge in [-0.05, 0) is 37.5 Å². The maximum absolute atomic E-state index is 12.4. The van der Waals surface area contributed by atoms with E-state index in [4.69, 9.17) is 10.8 Å². The number of phenols is 1. The second-order valence-electron chi connectivity index (χ2n) is 3.87. The Bertz CT molecular complexity index is 361. The minimum atomic E-state index is -4.52. The normalized spacial score (nSPS) is 13.8. The highest BCUT2D eigenvalue weighted by Gasteiger charge is 2.33. The summed E-state index contributed by atoms with van der Waals surface area (Å²) >= 11 is 0. The van der Waals surface area contributed by atoms with Crippen LogP contribution in [0.3, 0.4) is 0 Å². The summed E-state index contributed by atoms with van der Waals surface area (Å²) in [5.41, 5.74) is 5.06. The van der Waals surface area contributed by atoms with E-state index in [2.05, 4.69) is 0 Å². The fraction of sp³-hybridized carbons (Fsp3) is 0.455. The van der Waals surface area contributed by atoms with Crippen molar-refractivity contribution in [2.45, 2.75) is 32.0 Å². The Balaban J connectivity index is 2.90. The van der Waals surface area contributed by atoms with Gasteiger partial charge in [0.05, 0.1) is 5.56 Å². The molecule has 0 amide bonds. The number of rotatable bonds is 3. The molecule has 0 radical (unpaired) electrons. The Morgan fingerprint density at radius 3 is 2.50 bits per heavy atom. The molecule has 0 aliphatic carbocycles. The van der Waals surface area contributed by atoms with Crippen LogP contribution in [-0.2, 0) is 12.6 Å². The standard InChI is InChI=1S/C11H14F3NO/c1-7(15)2-3-8-4-5-10(16)9(6-8)11(12,13)14/h4-7,16H,2-3,15H2,1H3. The Labute approximate surface area is 91.9 Å². The Morgan fingerprint density at radius 2 is 2.00 bits per heavy atom. The van der Waals surface area contributed by atoms with Crippen LogP contribution in [0.4, 0.5) is 13.2 Å². The number of benzene rings is 1. The molecule has 1 aromatic carbocycles. The maximum Gasteiger partial charge on any atom is 0.419 e. The lowest BCUT2D eigenvalue weighted by atomic mass is 10.0. The molecule has 1 aromatic rings. The molecule has 90 valence electrons. The molecule has 1 rings (SSSR count). The van der Waals surface area contributed by atoms with E-state index in [9.17, 15) is 13.2 Å². The van der Waals surface area contributed by atoms with Crippen molar-refractivity contribution in [2.24, 2.45) is 5.73 Å². The van der Waals surface area contributed by atoms with E-state index in [0.29, 0.717) is 18.4 Å². The van der Waals surface area contributed by atoms with Crippen LogP contribution in [0, 0.1) is 0 Å². The van der Waals surface area contributed by atoms with Gasteiger partial charge in [0, 0.05) is 6.04 Å². The van der Waals surface area contributed by atoms with Gasteiger partial charge in [0.15, 0.2) is 0 Å². The van der Waals surface area contributed by atoms with Crippen molar-refractivity contribution in [1.29, 1.82) is 0 Å². The lowest BCUT2D eigenvalue weighted by molar-refractivity contribution is -0.138. The van der Waals surface area contributed by atoms with E-state index in [1.54, 1.807) is 6.92 Å². The fourth-order valence-corrected chi connectivity index (χ4v) is 1.36. The van der Waals surface area contributed by atoms with Gasteiger partial charge in [0.25, 0.3) is 0 Å². The van der Waals surface area contributed by atoms with Crippen LogP contribution in [0.15, 0.2) is 18.2 Å². The molecule has 0 aliphatic rings. The predicted molar refractivity (Wildman–Crippen MR) is 55.1 cm³/mol. The van der Waals surface area contributed by atoms with Gasteiger partial charge in [0.2, 0.25) is 0 Å². The van der Waals surface area contributed by atoms with Crippen molar-refractivity contribution in [3.8, 4) is 5.75 Å². The van der Waals surface area contributed by atoms with Crippen LogP contribution in [0.5, 0.6) is 5.75 Å². The molecule has 3 N–H and O–H groups in total. The van der Waals surface area contributed by atoms with Gasteiger partial charge in [-0.2, -0.15) is 13.2 Å². The van der Waals surface area contributed by atoms with E-state index in [1.807, 2.05) is 0 Å². The van der Waals surface area contributed by atoms with Gasteiger partial charge in [-0.3, -0.25) is 0 Å². The van der Waals surface area contributed by atoms with Crippen molar-refractivity contribution in [2.75, 3.05) is 0 Å². The molecule has 0 spiro atoms. The van der Waals surface area contributed by atoms with Gasteiger partial charge < -0.3 is 10.8 Å². The highest BCUT2D eigenvalue weighted by molar-refractivity contribution is 5.38.